The van der Waals surface area contributed by atoms with Crippen LogP contribution in [0.4, 0.5) is 5.82 Å². The van der Waals surface area contributed by atoms with Crippen LogP contribution < -0.4 is 10.5 Å². The number of hydrogen-bond acceptors (Lipinski definition) is 6. The lowest BCUT2D eigenvalue weighted by Crippen LogP contribution is -2.35. The minimum atomic E-state index is -3.26. The Labute approximate surface area is 188 Å². The van der Waals surface area contributed by atoms with Gasteiger partial charge < -0.3 is 15.2 Å². The van der Waals surface area contributed by atoms with Gasteiger partial charge in [-0.05, 0) is 61.9 Å². The first-order chi connectivity index (χ1) is 15.4. The predicted octanol–water partition coefficient (Wildman–Crippen LogP) is 2.78. The molecule has 8 nitrogen and oxygen atoms in total. The average Bonchev–Trinajstić information content (AvgIpc) is 3.37. The van der Waals surface area contributed by atoms with E-state index in [0.717, 1.165) is 52.7 Å². The molecule has 3 N–H and O–H groups in total. The number of nitrogen functional groups attached to an aromatic ring is 1. The van der Waals surface area contributed by atoms with Gasteiger partial charge >= 0.3 is 0 Å². The Morgan fingerprint density at radius 3 is 2.72 bits per heavy atom. The Bertz CT molecular complexity index is 1230. The molecule has 5 rings (SSSR count). The van der Waals surface area contributed by atoms with Crippen LogP contribution in [0.3, 0.4) is 0 Å². The van der Waals surface area contributed by atoms with E-state index in [1.807, 2.05) is 24.3 Å². The average molecular weight is 455 g/mol. The molecule has 1 aliphatic heterocycles. The highest BCUT2D eigenvalue weighted by atomic mass is 32.2. The summed E-state index contributed by atoms with van der Waals surface area (Å²) in [4.78, 5) is 11.4. The summed E-state index contributed by atoms with van der Waals surface area (Å²) in [5.74, 6) is 1.21. The zero-order valence-electron chi connectivity index (χ0n) is 18.4. The standard InChI is InChI=1S/C23H30N6O2S/c1-32(30,31)27-12-16-5-4-6-18(9-16)20-14-29(23-21(20)22(24)25-15-26-23)19-10-17(11-19)13-28-7-2-3-8-28/h4-6,9,14-15,17,19,27H,2-3,7-8,10-13H2,1H3,(H2,24,25,26)/t17-,19+. The lowest BCUT2D eigenvalue weighted by atomic mass is 9.79. The summed E-state index contributed by atoms with van der Waals surface area (Å²) >= 11 is 0. The molecule has 0 amide bonds. The molecule has 2 fully saturated rings. The second kappa shape index (κ2) is 8.46. The van der Waals surface area contributed by atoms with Gasteiger partial charge in [-0.3, -0.25) is 0 Å². The fourth-order valence-electron chi connectivity index (χ4n) is 5.08. The largest absolute Gasteiger partial charge is 0.383 e. The summed E-state index contributed by atoms with van der Waals surface area (Å²) in [6.45, 7) is 3.94. The van der Waals surface area contributed by atoms with E-state index in [1.54, 1.807) is 0 Å². The van der Waals surface area contributed by atoms with Crippen molar-refractivity contribution in [2.45, 2.75) is 38.3 Å². The molecule has 1 saturated carbocycles. The van der Waals surface area contributed by atoms with Gasteiger partial charge in [0.2, 0.25) is 10.0 Å². The topological polar surface area (TPSA) is 106 Å². The van der Waals surface area contributed by atoms with Crippen LogP contribution in [0.15, 0.2) is 36.8 Å². The first-order valence-electron chi connectivity index (χ1n) is 11.2. The smallest absolute Gasteiger partial charge is 0.209 e. The summed E-state index contributed by atoms with van der Waals surface area (Å²) in [6.07, 6.45) is 9.82. The maximum atomic E-state index is 11.5. The minimum absolute atomic E-state index is 0.248. The highest BCUT2D eigenvalue weighted by Crippen LogP contribution is 2.43. The van der Waals surface area contributed by atoms with Crippen LogP contribution in [-0.4, -0.2) is 53.7 Å². The highest BCUT2D eigenvalue weighted by Gasteiger charge is 2.34. The number of nitrogens with one attached hydrogen (secondary N) is 1. The van der Waals surface area contributed by atoms with Gasteiger partial charge in [-0.1, -0.05) is 18.2 Å². The first kappa shape index (κ1) is 21.4. The van der Waals surface area contributed by atoms with Crippen molar-refractivity contribution < 1.29 is 8.42 Å². The molecule has 1 aliphatic carbocycles. The van der Waals surface area contributed by atoms with Gasteiger partial charge in [-0.25, -0.2) is 23.1 Å². The van der Waals surface area contributed by atoms with Crippen molar-refractivity contribution in [3.8, 4) is 11.1 Å². The maximum Gasteiger partial charge on any atom is 0.209 e. The lowest BCUT2D eigenvalue weighted by Gasteiger charge is -2.38. The molecular formula is C23H30N6O2S. The predicted molar refractivity (Wildman–Crippen MR) is 126 cm³/mol. The molecule has 0 spiro atoms. The summed E-state index contributed by atoms with van der Waals surface area (Å²) in [7, 11) is -3.26. The van der Waals surface area contributed by atoms with Crippen molar-refractivity contribution in [3.05, 3.63) is 42.4 Å². The molecule has 0 radical (unpaired) electrons. The Balaban J connectivity index is 1.42. The van der Waals surface area contributed by atoms with Crippen LogP contribution in [0, 0.1) is 5.92 Å². The fraction of sp³-hybridized carbons (Fsp3) is 0.478. The molecule has 1 saturated heterocycles. The van der Waals surface area contributed by atoms with Crippen molar-refractivity contribution in [2.24, 2.45) is 5.92 Å². The number of sulfonamides is 1. The van der Waals surface area contributed by atoms with Crippen molar-refractivity contribution >= 4 is 26.9 Å². The van der Waals surface area contributed by atoms with Crippen molar-refractivity contribution in [1.29, 1.82) is 0 Å². The molecule has 0 bridgehead atoms. The van der Waals surface area contributed by atoms with Crippen LogP contribution in [0.1, 0.15) is 37.3 Å². The first-order valence-corrected chi connectivity index (χ1v) is 13.1. The molecular weight excluding hydrogens is 424 g/mol. The third-order valence-corrected chi connectivity index (χ3v) is 7.40. The van der Waals surface area contributed by atoms with Crippen LogP contribution >= 0.6 is 0 Å². The van der Waals surface area contributed by atoms with Crippen molar-refractivity contribution in [1.82, 2.24) is 24.2 Å². The van der Waals surface area contributed by atoms with Gasteiger partial charge in [-0.2, -0.15) is 0 Å². The van der Waals surface area contributed by atoms with Crippen LogP contribution in [0.5, 0.6) is 0 Å². The quantitative estimate of drug-likeness (QED) is 0.569. The number of benzene rings is 1. The number of fused-ring (bicyclic) bond motifs is 1. The summed E-state index contributed by atoms with van der Waals surface area (Å²) in [6, 6.07) is 8.29. The fourth-order valence-corrected chi connectivity index (χ4v) is 5.50. The molecule has 2 aliphatic rings. The van der Waals surface area contributed by atoms with E-state index < -0.39 is 10.0 Å². The molecule has 3 aromatic rings. The van der Waals surface area contributed by atoms with E-state index in [4.69, 9.17) is 5.73 Å². The van der Waals surface area contributed by atoms with Crippen LogP contribution in [0.25, 0.3) is 22.2 Å². The summed E-state index contributed by atoms with van der Waals surface area (Å²) in [5.41, 5.74) is 10.0. The number of hydrogen-bond donors (Lipinski definition) is 2. The Kier molecular flexibility index (Phi) is 5.65. The highest BCUT2D eigenvalue weighted by molar-refractivity contribution is 7.88. The van der Waals surface area contributed by atoms with Gasteiger partial charge in [0.05, 0.1) is 11.6 Å². The third kappa shape index (κ3) is 4.37. The number of aromatic nitrogens is 3. The van der Waals surface area contributed by atoms with Crippen molar-refractivity contribution in [2.75, 3.05) is 31.6 Å². The van der Waals surface area contributed by atoms with E-state index in [2.05, 4.69) is 30.4 Å². The minimum Gasteiger partial charge on any atom is -0.383 e. The number of likely N-dealkylation sites (tertiary alicyclic amines) is 1. The maximum absolute atomic E-state index is 11.5. The zero-order valence-corrected chi connectivity index (χ0v) is 19.2. The molecule has 9 heteroatoms. The van der Waals surface area contributed by atoms with Gasteiger partial charge in [0, 0.05) is 30.9 Å². The molecule has 0 unspecified atom stereocenters. The van der Waals surface area contributed by atoms with Crippen molar-refractivity contribution in [3.63, 3.8) is 0 Å². The molecule has 3 heterocycles. The van der Waals surface area contributed by atoms with Gasteiger partial charge in [-0.15, -0.1) is 0 Å². The lowest BCUT2D eigenvalue weighted by molar-refractivity contribution is 0.145. The normalized spacial score (nSPS) is 21.8. The molecule has 0 atom stereocenters. The SMILES string of the molecule is CS(=O)(=O)NCc1cccc(-c2cn([C@H]3C[C@@H](CN4CCCC4)C3)c3ncnc(N)c23)c1. The molecule has 32 heavy (non-hydrogen) atoms. The summed E-state index contributed by atoms with van der Waals surface area (Å²) < 4.78 is 27.8. The number of rotatable bonds is 7. The number of nitrogens with two attached hydrogens (primary N) is 1. The molecule has 170 valence electrons. The Morgan fingerprint density at radius 2 is 1.97 bits per heavy atom. The zero-order chi connectivity index (χ0) is 22.3. The monoisotopic (exact) mass is 454 g/mol. The second-order valence-electron chi connectivity index (χ2n) is 9.20. The van der Waals surface area contributed by atoms with Gasteiger partial charge in [0.15, 0.2) is 0 Å². The number of anilines is 1. The van der Waals surface area contributed by atoms with Crippen LogP contribution in [0.2, 0.25) is 0 Å². The van der Waals surface area contributed by atoms with E-state index in [-0.39, 0.29) is 6.54 Å². The van der Waals surface area contributed by atoms with E-state index >= 15 is 0 Å². The molecule has 2 aromatic heterocycles. The van der Waals surface area contributed by atoms with Gasteiger partial charge in [0.25, 0.3) is 0 Å². The molecule has 1 aromatic carbocycles. The number of nitrogens with zero attached hydrogens (tertiary/aromatic N) is 4. The Morgan fingerprint density at radius 1 is 1.19 bits per heavy atom. The van der Waals surface area contributed by atoms with E-state index in [0.29, 0.717) is 11.9 Å². The van der Waals surface area contributed by atoms with Gasteiger partial charge in [0.1, 0.15) is 17.8 Å². The van der Waals surface area contributed by atoms with E-state index in [9.17, 15) is 8.42 Å². The van der Waals surface area contributed by atoms with E-state index in [1.165, 1.54) is 38.8 Å². The van der Waals surface area contributed by atoms with Crippen LogP contribution in [-0.2, 0) is 16.6 Å². The second-order valence-corrected chi connectivity index (χ2v) is 11.0. The third-order valence-electron chi connectivity index (χ3n) is 6.73. The summed E-state index contributed by atoms with van der Waals surface area (Å²) in [5, 5.41) is 0.865. The Hall–Kier alpha value is -2.49.